The molecule has 2 aliphatic rings. The van der Waals surface area contributed by atoms with E-state index in [2.05, 4.69) is 15.6 Å². The first-order valence-corrected chi connectivity index (χ1v) is 10.3. The van der Waals surface area contributed by atoms with Gasteiger partial charge in [-0.15, -0.1) is 0 Å². The summed E-state index contributed by atoms with van der Waals surface area (Å²) in [6.07, 6.45) is 6.07. The van der Waals surface area contributed by atoms with Crippen molar-refractivity contribution in [1.82, 2.24) is 24.9 Å². The van der Waals surface area contributed by atoms with Crippen LogP contribution in [0, 0.1) is 0 Å². The van der Waals surface area contributed by atoms with Crippen LogP contribution in [0.2, 0.25) is 0 Å². The fraction of sp³-hybridized carbons (Fsp3) is 0.429. The molecule has 9 nitrogen and oxygen atoms in total. The summed E-state index contributed by atoms with van der Waals surface area (Å²) < 4.78 is 7.32. The summed E-state index contributed by atoms with van der Waals surface area (Å²) in [5.41, 5.74) is 9.05. The van der Waals surface area contributed by atoms with Gasteiger partial charge in [0.15, 0.2) is 5.65 Å². The van der Waals surface area contributed by atoms with Crippen LogP contribution in [0.1, 0.15) is 47.7 Å². The van der Waals surface area contributed by atoms with Crippen LogP contribution < -0.4 is 21.1 Å². The first kappa shape index (κ1) is 18.8. The molecule has 30 heavy (non-hydrogen) atoms. The summed E-state index contributed by atoms with van der Waals surface area (Å²) >= 11 is 0. The molecule has 3 aromatic rings. The number of primary amides is 1. The summed E-state index contributed by atoms with van der Waals surface area (Å²) in [6, 6.07) is 5.62. The Morgan fingerprint density at radius 1 is 1.33 bits per heavy atom. The molecule has 156 valence electrons. The molecule has 1 saturated heterocycles. The van der Waals surface area contributed by atoms with Gasteiger partial charge in [0.25, 0.3) is 5.91 Å². The highest BCUT2D eigenvalue weighted by Gasteiger charge is 2.30. The Bertz CT molecular complexity index is 1100. The molecule has 4 N–H and O–H groups in total. The second kappa shape index (κ2) is 7.56. The van der Waals surface area contributed by atoms with Gasteiger partial charge >= 0.3 is 0 Å². The predicted octanol–water partition coefficient (Wildman–Crippen LogP) is 1.94. The lowest BCUT2D eigenvalue weighted by Crippen LogP contribution is -2.39. The van der Waals surface area contributed by atoms with Crippen molar-refractivity contribution < 1.29 is 9.53 Å². The van der Waals surface area contributed by atoms with Crippen molar-refractivity contribution in [3.8, 4) is 17.1 Å². The van der Waals surface area contributed by atoms with E-state index in [1.165, 1.54) is 0 Å². The molecule has 1 aliphatic heterocycles. The fourth-order valence-corrected chi connectivity index (χ4v) is 3.97. The second-order valence-corrected chi connectivity index (χ2v) is 7.93. The van der Waals surface area contributed by atoms with E-state index in [9.17, 15) is 4.79 Å². The van der Waals surface area contributed by atoms with Gasteiger partial charge in [0.05, 0.1) is 24.6 Å². The smallest absolute Gasteiger partial charge is 0.252 e. The first-order chi connectivity index (χ1) is 14.6. The zero-order valence-corrected chi connectivity index (χ0v) is 16.9. The van der Waals surface area contributed by atoms with Gasteiger partial charge in [-0.3, -0.25) is 4.79 Å². The number of nitrogens with zero attached hydrogens (tertiary/aromatic N) is 4. The molecule has 0 bridgehead atoms. The number of rotatable bonds is 6. The number of hydrogen-bond acceptors (Lipinski definition) is 7. The largest absolute Gasteiger partial charge is 0.495 e. The third-order valence-corrected chi connectivity index (χ3v) is 5.73. The average Bonchev–Trinajstić information content (AvgIpc) is 3.52. The van der Waals surface area contributed by atoms with Gasteiger partial charge in [-0.2, -0.15) is 5.10 Å². The van der Waals surface area contributed by atoms with E-state index in [1.807, 2.05) is 6.07 Å². The Morgan fingerprint density at radius 3 is 2.90 bits per heavy atom. The van der Waals surface area contributed by atoms with Gasteiger partial charge in [0.1, 0.15) is 23.0 Å². The summed E-state index contributed by atoms with van der Waals surface area (Å²) in [5.74, 6) is 1.20. The number of aromatic nitrogens is 4. The third-order valence-electron chi connectivity index (χ3n) is 5.73. The van der Waals surface area contributed by atoms with E-state index in [1.54, 1.807) is 30.0 Å². The number of amides is 1. The van der Waals surface area contributed by atoms with Gasteiger partial charge < -0.3 is 21.1 Å². The number of ether oxygens (including phenoxy) is 1. The number of hydrogen-bond donors (Lipinski definition) is 3. The molecule has 3 aromatic heterocycles. The Labute approximate surface area is 174 Å². The molecular formula is C21H25N7O2. The quantitative estimate of drug-likeness (QED) is 0.571. The second-order valence-electron chi connectivity index (χ2n) is 7.93. The maximum atomic E-state index is 12.0. The van der Waals surface area contributed by atoms with Crippen LogP contribution in [0.3, 0.4) is 0 Å². The highest BCUT2D eigenvalue weighted by molar-refractivity contribution is 5.98. The highest BCUT2D eigenvalue weighted by Crippen LogP contribution is 2.43. The molecule has 1 aliphatic carbocycles. The molecule has 0 unspecified atom stereocenters. The van der Waals surface area contributed by atoms with E-state index in [0.717, 1.165) is 55.9 Å². The van der Waals surface area contributed by atoms with E-state index >= 15 is 0 Å². The molecule has 1 saturated carbocycles. The lowest BCUT2D eigenvalue weighted by Gasteiger charge is -2.25. The van der Waals surface area contributed by atoms with Crippen LogP contribution in [-0.4, -0.2) is 51.7 Å². The summed E-state index contributed by atoms with van der Waals surface area (Å²) in [4.78, 5) is 21.2. The number of pyridine rings is 1. The van der Waals surface area contributed by atoms with Gasteiger partial charge in [-0.25, -0.2) is 14.5 Å². The third kappa shape index (κ3) is 3.45. The molecule has 4 heterocycles. The van der Waals surface area contributed by atoms with E-state index in [-0.39, 0.29) is 6.04 Å². The lowest BCUT2D eigenvalue weighted by molar-refractivity contribution is 0.100. The number of fused-ring (bicyclic) bond motifs is 1. The number of nitrogens with two attached hydrogens (primary N) is 1. The number of piperidine rings is 1. The average molecular weight is 407 g/mol. The molecule has 5 rings (SSSR count). The van der Waals surface area contributed by atoms with E-state index < -0.39 is 5.91 Å². The summed E-state index contributed by atoms with van der Waals surface area (Å²) in [5, 5.41) is 11.6. The molecule has 9 heteroatoms. The normalized spacial score (nSPS) is 19.0. The van der Waals surface area contributed by atoms with E-state index in [4.69, 9.17) is 20.6 Å². The number of carbonyl (C=O) groups excluding carboxylic acids is 1. The molecule has 0 aromatic carbocycles. The number of methoxy groups -OCH3 is 1. The van der Waals surface area contributed by atoms with Crippen LogP contribution in [0.5, 0.6) is 5.75 Å². The maximum Gasteiger partial charge on any atom is 0.252 e. The van der Waals surface area contributed by atoms with Crippen molar-refractivity contribution in [3.63, 3.8) is 0 Å². The first-order valence-electron chi connectivity index (χ1n) is 10.3. The Kier molecular flexibility index (Phi) is 4.74. The standard InChI is InChI=1S/C21H25N7O2/c1-30-17-9-18-24-11-16(28(18)27-19(17)12-4-5-12)15-7-6-14(20(22)29)21(26-15)25-13-3-2-8-23-10-13/h6-7,9,11-13,23H,2-5,8,10H2,1H3,(H2,22,29)(H,25,26)/t13-/m0/s1. The minimum atomic E-state index is -0.502. The van der Waals surface area contributed by atoms with Gasteiger partial charge in [-0.05, 0) is 44.4 Å². The van der Waals surface area contributed by atoms with Crippen LogP contribution in [0.4, 0.5) is 5.82 Å². The van der Waals surface area contributed by atoms with Crippen molar-refractivity contribution >= 4 is 17.4 Å². The van der Waals surface area contributed by atoms with Crippen molar-refractivity contribution in [2.75, 3.05) is 25.5 Å². The van der Waals surface area contributed by atoms with Crippen molar-refractivity contribution in [3.05, 3.63) is 35.7 Å². The van der Waals surface area contributed by atoms with Gasteiger partial charge in [-0.1, -0.05) is 0 Å². The van der Waals surface area contributed by atoms with E-state index in [0.29, 0.717) is 28.6 Å². The Hall–Kier alpha value is -3.20. The summed E-state index contributed by atoms with van der Waals surface area (Å²) in [6.45, 7) is 1.83. The fourth-order valence-electron chi connectivity index (χ4n) is 3.97. The number of carbonyl (C=O) groups is 1. The van der Waals surface area contributed by atoms with Crippen LogP contribution in [0.25, 0.3) is 17.0 Å². The van der Waals surface area contributed by atoms with Crippen molar-refractivity contribution in [2.24, 2.45) is 5.73 Å². The zero-order chi connectivity index (χ0) is 20.7. The number of imidazole rings is 1. The molecule has 1 amide bonds. The minimum Gasteiger partial charge on any atom is -0.495 e. The summed E-state index contributed by atoms with van der Waals surface area (Å²) in [7, 11) is 1.66. The topological polar surface area (TPSA) is 119 Å². The molecule has 0 spiro atoms. The molecule has 1 atom stereocenters. The predicted molar refractivity (Wildman–Crippen MR) is 113 cm³/mol. The number of nitrogens with one attached hydrogen (secondary N) is 2. The zero-order valence-electron chi connectivity index (χ0n) is 16.9. The monoisotopic (exact) mass is 407 g/mol. The number of anilines is 1. The van der Waals surface area contributed by atoms with Gasteiger partial charge in [0.2, 0.25) is 0 Å². The van der Waals surface area contributed by atoms with Crippen molar-refractivity contribution in [1.29, 1.82) is 0 Å². The maximum absolute atomic E-state index is 12.0. The lowest BCUT2D eigenvalue weighted by atomic mass is 10.1. The van der Waals surface area contributed by atoms with Crippen LogP contribution in [-0.2, 0) is 0 Å². The highest BCUT2D eigenvalue weighted by atomic mass is 16.5. The van der Waals surface area contributed by atoms with Crippen LogP contribution in [0.15, 0.2) is 24.4 Å². The van der Waals surface area contributed by atoms with Crippen LogP contribution >= 0.6 is 0 Å². The van der Waals surface area contributed by atoms with Gasteiger partial charge in [0, 0.05) is 24.6 Å². The Balaban J connectivity index is 1.56. The molecule has 0 radical (unpaired) electrons. The molecule has 2 fully saturated rings. The SMILES string of the molecule is COc1cc2ncc(-c3ccc(C(N)=O)c(N[C@H]4CCCNC4)n3)n2nc1C1CC1. The van der Waals surface area contributed by atoms with Crippen molar-refractivity contribution in [2.45, 2.75) is 37.6 Å². The molecular weight excluding hydrogens is 382 g/mol. The Morgan fingerprint density at radius 2 is 2.20 bits per heavy atom. The minimum absolute atomic E-state index is 0.200.